The number of nitrogens with one attached hydrogen (secondary N) is 1. The molecule has 0 unspecified atom stereocenters. The van der Waals surface area contributed by atoms with Crippen molar-refractivity contribution < 1.29 is 14.4 Å². The van der Waals surface area contributed by atoms with Crippen LogP contribution in [0.25, 0.3) is 0 Å². The Kier molecular flexibility index (Phi) is 3.37. The Balaban J connectivity index is 1.62. The monoisotopic (exact) mass is 300 g/mol. The first-order valence-electron chi connectivity index (χ1n) is 6.52. The van der Waals surface area contributed by atoms with Crippen molar-refractivity contribution in [3.05, 3.63) is 36.2 Å². The zero-order chi connectivity index (χ0) is 15.7. The fourth-order valence-electron chi connectivity index (χ4n) is 2.12. The highest BCUT2D eigenvalue weighted by atomic mass is 16.2. The predicted octanol–water partition coefficient (Wildman–Crippen LogP) is -0.165. The van der Waals surface area contributed by atoms with Gasteiger partial charge >= 0.3 is 0 Å². The minimum absolute atomic E-state index is 0.0135. The molecular weight excluding hydrogens is 288 g/mol. The molecule has 0 fully saturated rings. The topological polar surface area (TPSA) is 110 Å². The molecule has 3 amide bonds. The molecule has 9 nitrogen and oxygen atoms in total. The zero-order valence-electron chi connectivity index (χ0n) is 11.7. The van der Waals surface area contributed by atoms with E-state index in [2.05, 4.69) is 20.4 Å². The minimum atomic E-state index is -0.526. The molecule has 0 spiro atoms. The van der Waals surface area contributed by atoms with E-state index in [1.807, 2.05) is 0 Å². The molecule has 1 aliphatic heterocycles. The summed E-state index contributed by atoms with van der Waals surface area (Å²) in [6.45, 7) is -0.0260. The second kappa shape index (κ2) is 5.35. The predicted molar refractivity (Wildman–Crippen MR) is 73.9 cm³/mol. The van der Waals surface area contributed by atoms with Gasteiger partial charge in [-0.25, -0.2) is 9.97 Å². The van der Waals surface area contributed by atoms with Gasteiger partial charge in [0, 0.05) is 38.6 Å². The molecule has 112 valence electrons. The molecule has 0 bridgehead atoms. The highest BCUT2D eigenvalue weighted by molar-refractivity contribution is 6.19. The number of imide groups is 1. The molecule has 0 radical (unpaired) electrons. The lowest BCUT2D eigenvalue weighted by molar-refractivity contribution is -0.116. The van der Waals surface area contributed by atoms with Gasteiger partial charge in [-0.1, -0.05) is 0 Å². The first-order chi connectivity index (χ1) is 10.6. The maximum atomic E-state index is 12.0. The summed E-state index contributed by atoms with van der Waals surface area (Å²) < 4.78 is 1.55. The fraction of sp³-hybridized carbons (Fsp3) is 0.231. The number of anilines is 1. The Morgan fingerprint density at radius 2 is 1.82 bits per heavy atom. The largest absolute Gasteiger partial charge is 0.323 e. The third kappa shape index (κ3) is 2.43. The van der Waals surface area contributed by atoms with Gasteiger partial charge in [0.1, 0.15) is 0 Å². The Morgan fingerprint density at radius 3 is 2.36 bits per heavy atom. The van der Waals surface area contributed by atoms with Crippen molar-refractivity contribution in [3.63, 3.8) is 0 Å². The van der Waals surface area contributed by atoms with Crippen molar-refractivity contribution in [1.82, 2.24) is 24.6 Å². The molecule has 1 aliphatic rings. The number of nitrogens with zero attached hydrogens (tertiary/aromatic N) is 5. The van der Waals surface area contributed by atoms with Crippen LogP contribution in [-0.2, 0) is 11.8 Å². The summed E-state index contributed by atoms with van der Waals surface area (Å²) in [5.74, 6) is -1.37. The summed E-state index contributed by atoms with van der Waals surface area (Å²) in [7, 11) is 1.73. The van der Waals surface area contributed by atoms with Crippen LogP contribution in [0.1, 0.15) is 27.4 Å². The van der Waals surface area contributed by atoms with E-state index in [0.29, 0.717) is 5.69 Å². The van der Waals surface area contributed by atoms with Crippen LogP contribution in [0.15, 0.2) is 24.8 Å². The maximum absolute atomic E-state index is 12.0. The molecular formula is C13H12N6O3. The molecule has 22 heavy (non-hydrogen) atoms. The normalized spacial score (nSPS) is 13.4. The highest BCUT2D eigenvalue weighted by Crippen LogP contribution is 2.18. The summed E-state index contributed by atoms with van der Waals surface area (Å²) in [5, 5.41) is 6.56. The van der Waals surface area contributed by atoms with Gasteiger partial charge in [0.05, 0.1) is 11.9 Å². The SMILES string of the molecule is Cn1cc(NC(=O)CCN2C(=O)c3nccnc3C2=O)cn1. The van der Waals surface area contributed by atoms with Crippen molar-refractivity contribution >= 4 is 23.4 Å². The smallest absolute Gasteiger partial charge is 0.281 e. The van der Waals surface area contributed by atoms with Gasteiger partial charge in [-0.05, 0) is 0 Å². The molecule has 0 saturated carbocycles. The molecule has 3 heterocycles. The van der Waals surface area contributed by atoms with Crippen LogP contribution < -0.4 is 5.32 Å². The summed E-state index contributed by atoms with van der Waals surface area (Å²) >= 11 is 0. The van der Waals surface area contributed by atoms with Gasteiger partial charge in [-0.3, -0.25) is 24.0 Å². The number of rotatable bonds is 4. The molecule has 2 aromatic rings. The van der Waals surface area contributed by atoms with Crippen LogP contribution in [0.3, 0.4) is 0 Å². The van der Waals surface area contributed by atoms with Gasteiger partial charge in [-0.15, -0.1) is 0 Å². The van der Waals surface area contributed by atoms with E-state index in [1.54, 1.807) is 17.9 Å². The first kappa shape index (κ1) is 13.9. The number of fused-ring (bicyclic) bond motifs is 1. The molecule has 3 rings (SSSR count). The van der Waals surface area contributed by atoms with E-state index in [-0.39, 0.29) is 30.3 Å². The lowest BCUT2D eigenvalue weighted by atomic mass is 10.3. The quantitative estimate of drug-likeness (QED) is 0.785. The third-order valence-electron chi connectivity index (χ3n) is 3.14. The van der Waals surface area contributed by atoms with Crippen LogP contribution in [0, 0.1) is 0 Å². The number of carbonyl (C=O) groups excluding carboxylic acids is 3. The van der Waals surface area contributed by atoms with Crippen molar-refractivity contribution in [1.29, 1.82) is 0 Å². The van der Waals surface area contributed by atoms with Gasteiger partial charge < -0.3 is 5.32 Å². The summed E-state index contributed by atoms with van der Waals surface area (Å²) in [5.41, 5.74) is 0.610. The lowest BCUT2D eigenvalue weighted by Crippen LogP contribution is -2.33. The van der Waals surface area contributed by atoms with Gasteiger partial charge in [0.2, 0.25) is 5.91 Å². The number of hydrogen-bond donors (Lipinski definition) is 1. The average molecular weight is 300 g/mol. The Labute approximate surface area is 125 Å². The van der Waals surface area contributed by atoms with Crippen molar-refractivity contribution in [2.24, 2.45) is 7.05 Å². The lowest BCUT2D eigenvalue weighted by Gasteiger charge is -2.12. The first-order valence-corrected chi connectivity index (χ1v) is 6.52. The van der Waals surface area contributed by atoms with E-state index in [4.69, 9.17) is 0 Å². The number of carbonyl (C=O) groups is 3. The molecule has 9 heteroatoms. The van der Waals surface area contributed by atoms with Gasteiger partial charge in [-0.2, -0.15) is 5.10 Å². The summed E-state index contributed by atoms with van der Waals surface area (Å²) in [6, 6.07) is 0. The molecule has 1 N–H and O–H groups in total. The van der Waals surface area contributed by atoms with E-state index < -0.39 is 11.8 Å². The Bertz CT molecular complexity index is 734. The van der Waals surface area contributed by atoms with Crippen LogP contribution in [0.4, 0.5) is 5.69 Å². The highest BCUT2D eigenvalue weighted by Gasteiger charge is 2.37. The van der Waals surface area contributed by atoms with E-state index in [9.17, 15) is 14.4 Å². The maximum Gasteiger partial charge on any atom is 0.281 e. The average Bonchev–Trinajstić information content (AvgIpc) is 3.01. The number of aryl methyl sites for hydroxylation is 1. The van der Waals surface area contributed by atoms with E-state index >= 15 is 0 Å². The standard InChI is InChI=1S/C13H12N6O3/c1-18-7-8(6-16-18)17-9(20)2-5-19-12(21)10-11(13(19)22)15-4-3-14-10/h3-4,6-7H,2,5H2,1H3,(H,17,20). The fourth-order valence-corrected chi connectivity index (χ4v) is 2.12. The van der Waals surface area contributed by atoms with E-state index in [1.165, 1.54) is 18.6 Å². The van der Waals surface area contributed by atoms with Crippen LogP contribution >= 0.6 is 0 Å². The third-order valence-corrected chi connectivity index (χ3v) is 3.14. The molecule has 0 aliphatic carbocycles. The number of amides is 3. The van der Waals surface area contributed by atoms with Crippen molar-refractivity contribution in [2.75, 3.05) is 11.9 Å². The zero-order valence-corrected chi connectivity index (χ0v) is 11.7. The summed E-state index contributed by atoms with van der Waals surface area (Å²) in [4.78, 5) is 44.6. The second-order valence-electron chi connectivity index (χ2n) is 4.72. The van der Waals surface area contributed by atoms with Crippen molar-refractivity contribution in [3.8, 4) is 0 Å². The number of aromatic nitrogens is 4. The van der Waals surface area contributed by atoms with Gasteiger partial charge in [0.25, 0.3) is 11.8 Å². The van der Waals surface area contributed by atoms with Gasteiger partial charge in [0.15, 0.2) is 11.4 Å². The molecule has 0 atom stereocenters. The van der Waals surface area contributed by atoms with E-state index in [0.717, 1.165) is 4.90 Å². The minimum Gasteiger partial charge on any atom is -0.323 e. The van der Waals surface area contributed by atoms with Crippen molar-refractivity contribution in [2.45, 2.75) is 6.42 Å². The van der Waals surface area contributed by atoms with Crippen LogP contribution in [0.5, 0.6) is 0 Å². The summed E-state index contributed by atoms with van der Waals surface area (Å²) in [6.07, 6.45) is 5.84. The Morgan fingerprint density at radius 1 is 1.18 bits per heavy atom. The molecule has 2 aromatic heterocycles. The van der Waals surface area contributed by atoms with Crippen LogP contribution in [0.2, 0.25) is 0 Å². The number of hydrogen-bond acceptors (Lipinski definition) is 6. The van der Waals surface area contributed by atoms with Crippen LogP contribution in [-0.4, -0.2) is 48.9 Å². The second-order valence-corrected chi connectivity index (χ2v) is 4.72. The Hall–Kier alpha value is -3.10. The molecule has 0 aromatic carbocycles. The molecule has 0 saturated heterocycles.